The molecule has 0 aliphatic rings. The lowest BCUT2D eigenvalue weighted by Gasteiger charge is -2.06. The molecule has 3 heteroatoms. The van der Waals surface area contributed by atoms with Crippen molar-refractivity contribution in [3.63, 3.8) is 0 Å². The average Bonchev–Trinajstić information content (AvgIpc) is 2.39. The van der Waals surface area contributed by atoms with Crippen molar-refractivity contribution in [2.24, 2.45) is 0 Å². The Balaban J connectivity index is 2.20. The lowest BCUT2D eigenvalue weighted by Crippen LogP contribution is -1.89. The maximum atomic E-state index is 5.68. The van der Waals surface area contributed by atoms with Gasteiger partial charge in [-0.15, -0.1) is 0 Å². The molecule has 0 saturated carbocycles. The Hall–Kier alpha value is -2.42. The van der Waals surface area contributed by atoms with Gasteiger partial charge in [-0.1, -0.05) is 12.1 Å². The normalized spacial score (nSPS) is 10.7. The third-order valence-corrected chi connectivity index (χ3v) is 3.09. The number of pyridine rings is 2. The minimum Gasteiger partial charge on any atom is -0.384 e. The number of anilines is 1. The van der Waals surface area contributed by atoms with E-state index in [9.17, 15) is 0 Å². The molecule has 0 atom stereocenters. The SMILES string of the molecule is Cc1ccncc1-c1ccc2cc(N)ncc2c1. The molecule has 3 nitrogen and oxygen atoms in total. The zero-order valence-electron chi connectivity index (χ0n) is 10.1. The molecule has 0 bridgehead atoms. The molecule has 3 rings (SSSR count). The average molecular weight is 235 g/mol. The molecule has 0 fully saturated rings. The van der Waals surface area contributed by atoms with Crippen molar-refractivity contribution < 1.29 is 0 Å². The molecule has 2 aromatic heterocycles. The van der Waals surface area contributed by atoms with Crippen molar-refractivity contribution in [1.82, 2.24) is 9.97 Å². The first kappa shape index (κ1) is 10.7. The third kappa shape index (κ3) is 1.80. The van der Waals surface area contributed by atoms with Gasteiger partial charge in [-0.05, 0) is 41.6 Å². The molecule has 2 heterocycles. The van der Waals surface area contributed by atoms with E-state index in [1.54, 1.807) is 6.20 Å². The van der Waals surface area contributed by atoms with Gasteiger partial charge in [-0.2, -0.15) is 0 Å². The summed E-state index contributed by atoms with van der Waals surface area (Å²) in [5.41, 5.74) is 9.19. The minimum atomic E-state index is 0.549. The fourth-order valence-electron chi connectivity index (χ4n) is 2.09. The van der Waals surface area contributed by atoms with Crippen LogP contribution in [0.3, 0.4) is 0 Å². The van der Waals surface area contributed by atoms with E-state index in [4.69, 9.17) is 5.73 Å². The Morgan fingerprint density at radius 3 is 2.72 bits per heavy atom. The first-order valence-electron chi connectivity index (χ1n) is 5.80. The second-order valence-electron chi connectivity index (χ2n) is 4.36. The zero-order valence-corrected chi connectivity index (χ0v) is 10.1. The largest absolute Gasteiger partial charge is 0.384 e. The summed E-state index contributed by atoms with van der Waals surface area (Å²) in [5.74, 6) is 0.549. The number of aromatic nitrogens is 2. The van der Waals surface area contributed by atoms with Crippen molar-refractivity contribution in [2.75, 3.05) is 5.73 Å². The van der Waals surface area contributed by atoms with E-state index in [0.29, 0.717) is 5.82 Å². The second-order valence-corrected chi connectivity index (χ2v) is 4.36. The van der Waals surface area contributed by atoms with Crippen LogP contribution in [0.25, 0.3) is 21.9 Å². The van der Waals surface area contributed by atoms with Gasteiger partial charge in [-0.25, -0.2) is 4.98 Å². The highest BCUT2D eigenvalue weighted by atomic mass is 14.8. The molecule has 0 amide bonds. The standard InChI is InChI=1S/C15H13N3/c1-10-4-5-17-9-14(10)12-3-2-11-7-15(16)18-8-13(11)6-12/h2-9H,1H3,(H2,16,18). The Labute approximate surface area is 105 Å². The number of hydrogen-bond acceptors (Lipinski definition) is 3. The van der Waals surface area contributed by atoms with Gasteiger partial charge in [0, 0.05) is 29.5 Å². The monoisotopic (exact) mass is 235 g/mol. The lowest BCUT2D eigenvalue weighted by molar-refractivity contribution is 1.29. The van der Waals surface area contributed by atoms with Crippen LogP contribution in [-0.4, -0.2) is 9.97 Å². The number of benzene rings is 1. The van der Waals surface area contributed by atoms with Crippen LogP contribution in [0, 0.1) is 6.92 Å². The highest BCUT2D eigenvalue weighted by molar-refractivity contribution is 5.88. The molecule has 0 radical (unpaired) electrons. The highest BCUT2D eigenvalue weighted by Crippen LogP contribution is 2.26. The molecule has 0 aliphatic carbocycles. The second kappa shape index (κ2) is 4.11. The van der Waals surface area contributed by atoms with Crippen molar-refractivity contribution >= 4 is 16.6 Å². The number of fused-ring (bicyclic) bond motifs is 1. The molecule has 2 N–H and O–H groups in total. The molecule has 0 saturated heterocycles. The fraction of sp³-hybridized carbons (Fsp3) is 0.0667. The molecule has 18 heavy (non-hydrogen) atoms. The first-order chi connectivity index (χ1) is 8.74. The van der Waals surface area contributed by atoms with Crippen LogP contribution in [0.5, 0.6) is 0 Å². The van der Waals surface area contributed by atoms with Gasteiger partial charge >= 0.3 is 0 Å². The maximum Gasteiger partial charge on any atom is 0.123 e. The van der Waals surface area contributed by atoms with Crippen LogP contribution in [-0.2, 0) is 0 Å². The lowest BCUT2D eigenvalue weighted by atomic mass is 10.0. The van der Waals surface area contributed by atoms with Gasteiger partial charge < -0.3 is 5.73 Å². The summed E-state index contributed by atoms with van der Waals surface area (Å²) < 4.78 is 0. The van der Waals surface area contributed by atoms with E-state index in [1.807, 2.05) is 24.5 Å². The van der Waals surface area contributed by atoms with Crippen molar-refractivity contribution in [3.05, 3.63) is 54.5 Å². The van der Waals surface area contributed by atoms with Gasteiger partial charge in [-0.3, -0.25) is 4.98 Å². The molecular weight excluding hydrogens is 222 g/mol. The number of aryl methyl sites for hydroxylation is 1. The van der Waals surface area contributed by atoms with Crippen LogP contribution in [0.15, 0.2) is 48.9 Å². The molecule has 0 aliphatic heterocycles. The Morgan fingerprint density at radius 1 is 1.00 bits per heavy atom. The Morgan fingerprint density at radius 2 is 1.89 bits per heavy atom. The summed E-state index contributed by atoms with van der Waals surface area (Å²) in [6, 6.07) is 10.2. The zero-order chi connectivity index (χ0) is 12.5. The maximum absolute atomic E-state index is 5.68. The van der Waals surface area contributed by atoms with Gasteiger partial charge in [0.05, 0.1) is 0 Å². The molecular formula is C15H13N3. The Bertz CT molecular complexity index is 720. The van der Waals surface area contributed by atoms with Crippen LogP contribution in [0.1, 0.15) is 5.56 Å². The van der Waals surface area contributed by atoms with E-state index < -0.39 is 0 Å². The number of nitrogen functional groups attached to an aromatic ring is 1. The van der Waals surface area contributed by atoms with Gasteiger partial charge in [0.15, 0.2) is 0 Å². The van der Waals surface area contributed by atoms with Crippen molar-refractivity contribution in [1.29, 1.82) is 0 Å². The van der Waals surface area contributed by atoms with Gasteiger partial charge in [0.25, 0.3) is 0 Å². The summed E-state index contributed by atoms with van der Waals surface area (Å²) in [4.78, 5) is 8.31. The Kier molecular flexibility index (Phi) is 2.45. The van der Waals surface area contributed by atoms with E-state index in [1.165, 1.54) is 5.56 Å². The van der Waals surface area contributed by atoms with E-state index in [-0.39, 0.29) is 0 Å². The van der Waals surface area contributed by atoms with Gasteiger partial charge in [0.1, 0.15) is 5.82 Å². The first-order valence-corrected chi connectivity index (χ1v) is 5.80. The summed E-state index contributed by atoms with van der Waals surface area (Å²) in [5, 5.41) is 2.19. The number of hydrogen-bond donors (Lipinski definition) is 1. The van der Waals surface area contributed by atoms with Crippen molar-refractivity contribution in [3.8, 4) is 11.1 Å². The predicted molar refractivity (Wildman–Crippen MR) is 74.1 cm³/mol. The molecule has 0 spiro atoms. The van der Waals surface area contributed by atoms with E-state index >= 15 is 0 Å². The molecule has 3 aromatic rings. The molecule has 1 aromatic carbocycles. The van der Waals surface area contributed by atoms with E-state index in [0.717, 1.165) is 21.9 Å². The number of rotatable bonds is 1. The van der Waals surface area contributed by atoms with Crippen LogP contribution >= 0.6 is 0 Å². The number of nitrogens with two attached hydrogens (primary N) is 1. The van der Waals surface area contributed by atoms with Crippen LogP contribution in [0.4, 0.5) is 5.82 Å². The fourth-order valence-corrected chi connectivity index (χ4v) is 2.09. The molecule has 88 valence electrons. The number of nitrogens with zero attached hydrogens (tertiary/aromatic N) is 2. The third-order valence-electron chi connectivity index (χ3n) is 3.09. The van der Waals surface area contributed by atoms with Crippen LogP contribution in [0.2, 0.25) is 0 Å². The van der Waals surface area contributed by atoms with E-state index in [2.05, 4.69) is 35.1 Å². The highest BCUT2D eigenvalue weighted by Gasteiger charge is 2.03. The topological polar surface area (TPSA) is 51.8 Å². The quantitative estimate of drug-likeness (QED) is 0.704. The van der Waals surface area contributed by atoms with Crippen LogP contribution < -0.4 is 5.73 Å². The summed E-state index contributed by atoms with van der Waals surface area (Å²) in [6.45, 7) is 2.09. The predicted octanol–water partition coefficient (Wildman–Crippen LogP) is 3.19. The summed E-state index contributed by atoms with van der Waals surface area (Å²) in [6.07, 6.45) is 5.50. The summed E-state index contributed by atoms with van der Waals surface area (Å²) in [7, 11) is 0. The minimum absolute atomic E-state index is 0.549. The smallest absolute Gasteiger partial charge is 0.123 e. The molecule has 0 unspecified atom stereocenters. The van der Waals surface area contributed by atoms with Crippen molar-refractivity contribution in [2.45, 2.75) is 6.92 Å². The van der Waals surface area contributed by atoms with Gasteiger partial charge in [0.2, 0.25) is 0 Å². The summed E-state index contributed by atoms with van der Waals surface area (Å²) >= 11 is 0.